The summed E-state index contributed by atoms with van der Waals surface area (Å²) in [4.78, 5) is 4.29. The first-order valence-corrected chi connectivity index (χ1v) is 6.62. The summed E-state index contributed by atoms with van der Waals surface area (Å²) in [6, 6.07) is 0. The number of aryl methyl sites for hydroxylation is 1. The van der Waals surface area contributed by atoms with Crippen molar-refractivity contribution in [1.29, 1.82) is 0 Å². The molecule has 14 heavy (non-hydrogen) atoms. The molecular weight excluding hydrogens is 214 g/mol. The van der Waals surface area contributed by atoms with E-state index in [1.807, 2.05) is 6.92 Å². The molecule has 78 valence electrons. The molecule has 0 radical (unpaired) electrons. The minimum atomic E-state index is 0.402. The highest BCUT2D eigenvalue weighted by Crippen LogP contribution is 2.37. The monoisotopic (exact) mass is 229 g/mol. The first-order chi connectivity index (χ1) is 6.68. The van der Waals surface area contributed by atoms with Crippen LogP contribution in [0, 0.1) is 6.92 Å². The predicted octanol–water partition coefficient (Wildman–Crippen LogP) is 2.54. The van der Waals surface area contributed by atoms with Gasteiger partial charge in [0.25, 0.3) is 0 Å². The maximum Gasteiger partial charge on any atom is 0.202 e. The topological polar surface area (TPSA) is 37.8 Å². The van der Waals surface area contributed by atoms with Crippen molar-refractivity contribution >= 4 is 28.4 Å². The van der Waals surface area contributed by atoms with Crippen molar-refractivity contribution in [3.63, 3.8) is 0 Å². The Morgan fingerprint density at radius 2 is 2.43 bits per heavy atom. The molecule has 1 aliphatic rings. The minimum Gasteiger partial charge on any atom is -0.359 e. The van der Waals surface area contributed by atoms with Crippen LogP contribution < -0.4 is 5.32 Å². The van der Waals surface area contributed by atoms with Gasteiger partial charge in [-0.3, -0.25) is 0 Å². The fourth-order valence-corrected chi connectivity index (χ4v) is 3.42. The zero-order chi connectivity index (χ0) is 10.0. The lowest BCUT2D eigenvalue weighted by atomic mass is 10.1. The molecule has 5 heteroatoms. The maximum atomic E-state index is 4.29. The third-order valence-electron chi connectivity index (χ3n) is 2.44. The zero-order valence-electron chi connectivity index (χ0n) is 8.54. The Balaban J connectivity index is 1.87. The van der Waals surface area contributed by atoms with E-state index in [-0.39, 0.29) is 0 Å². The van der Waals surface area contributed by atoms with E-state index in [2.05, 4.69) is 33.4 Å². The maximum absolute atomic E-state index is 4.29. The third-order valence-corrected chi connectivity index (χ3v) is 4.74. The van der Waals surface area contributed by atoms with Gasteiger partial charge >= 0.3 is 0 Å². The molecule has 0 saturated carbocycles. The molecule has 1 aliphatic heterocycles. The van der Waals surface area contributed by atoms with Crippen molar-refractivity contribution in [2.45, 2.75) is 31.4 Å². The molecule has 1 fully saturated rings. The number of aromatic nitrogens is 2. The number of thioether (sulfide) groups is 1. The number of rotatable bonds is 3. The van der Waals surface area contributed by atoms with Crippen LogP contribution in [-0.2, 0) is 0 Å². The molecule has 1 aromatic rings. The van der Waals surface area contributed by atoms with Crippen LogP contribution in [0.15, 0.2) is 0 Å². The molecule has 0 amide bonds. The lowest BCUT2D eigenvalue weighted by molar-refractivity contribution is 0.634. The lowest BCUT2D eigenvalue weighted by Gasteiger charge is -2.22. The summed E-state index contributed by atoms with van der Waals surface area (Å²) in [6.07, 6.45) is 2.65. The summed E-state index contributed by atoms with van der Waals surface area (Å²) >= 11 is 3.51. The van der Waals surface area contributed by atoms with E-state index in [0.717, 1.165) is 17.5 Å². The van der Waals surface area contributed by atoms with Crippen molar-refractivity contribution in [2.75, 3.05) is 17.6 Å². The predicted molar refractivity (Wildman–Crippen MR) is 63.2 cm³/mol. The van der Waals surface area contributed by atoms with Crippen LogP contribution in [-0.4, -0.2) is 26.4 Å². The average Bonchev–Trinajstić information content (AvgIpc) is 2.73. The van der Waals surface area contributed by atoms with E-state index in [4.69, 9.17) is 0 Å². The highest BCUT2D eigenvalue weighted by molar-refractivity contribution is 8.00. The molecular formula is C9H15N3S2. The Labute approximate surface area is 92.9 Å². The molecule has 0 spiro atoms. The highest BCUT2D eigenvalue weighted by Gasteiger charge is 2.29. The smallest absolute Gasteiger partial charge is 0.202 e. The van der Waals surface area contributed by atoms with Crippen molar-refractivity contribution in [2.24, 2.45) is 0 Å². The molecule has 2 rings (SSSR count). The second-order valence-corrected chi connectivity index (χ2v) is 6.34. The summed E-state index contributed by atoms with van der Waals surface area (Å²) in [5.41, 5.74) is 0. The number of nitrogens with zero attached hydrogens (tertiary/aromatic N) is 2. The van der Waals surface area contributed by atoms with E-state index in [0.29, 0.717) is 4.75 Å². The summed E-state index contributed by atoms with van der Waals surface area (Å²) in [6.45, 7) is 5.26. The van der Waals surface area contributed by atoms with E-state index >= 15 is 0 Å². The molecule has 3 nitrogen and oxygen atoms in total. The highest BCUT2D eigenvalue weighted by atomic mass is 32.2. The molecule has 2 heterocycles. The van der Waals surface area contributed by atoms with Gasteiger partial charge in [0, 0.05) is 22.8 Å². The Morgan fingerprint density at radius 3 is 3.00 bits per heavy atom. The Bertz CT molecular complexity index is 305. The van der Waals surface area contributed by atoms with E-state index < -0.39 is 0 Å². The normalized spacial score (nSPS) is 26.7. The minimum absolute atomic E-state index is 0.402. The van der Waals surface area contributed by atoms with Crippen LogP contribution in [0.4, 0.5) is 5.13 Å². The fourth-order valence-electron chi connectivity index (χ4n) is 1.61. The van der Waals surface area contributed by atoms with Crippen molar-refractivity contribution in [3.05, 3.63) is 5.82 Å². The molecule has 1 unspecified atom stereocenters. The molecule has 0 aliphatic carbocycles. The second kappa shape index (κ2) is 4.06. The molecule has 1 atom stereocenters. The number of hydrogen-bond acceptors (Lipinski definition) is 5. The molecule has 0 bridgehead atoms. The van der Waals surface area contributed by atoms with Crippen LogP contribution in [0.5, 0.6) is 0 Å². The fraction of sp³-hybridized carbons (Fsp3) is 0.778. The van der Waals surface area contributed by atoms with Gasteiger partial charge in [-0.05, 0) is 32.4 Å². The average molecular weight is 229 g/mol. The Kier molecular flexibility index (Phi) is 2.97. The molecule has 1 N–H and O–H groups in total. The van der Waals surface area contributed by atoms with Gasteiger partial charge in [-0.2, -0.15) is 16.1 Å². The first kappa shape index (κ1) is 10.2. The summed E-state index contributed by atoms with van der Waals surface area (Å²) < 4.78 is 4.55. The van der Waals surface area contributed by atoms with E-state index in [1.165, 1.54) is 30.1 Å². The van der Waals surface area contributed by atoms with E-state index in [1.54, 1.807) is 0 Å². The largest absolute Gasteiger partial charge is 0.359 e. The van der Waals surface area contributed by atoms with Crippen LogP contribution in [0.2, 0.25) is 0 Å². The van der Waals surface area contributed by atoms with Gasteiger partial charge in [0.15, 0.2) is 0 Å². The summed E-state index contributed by atoms with van der Waals surface area (Å²) in [5, 5.41) is 4.33. The first-order valence-electron chi connectivity index (χ1n) is 4.86. The zero-order valence-corrected chi connectivity index (χ0v) is 10.2. The molecule has 0 aromatic carbocycles. The summed E-state index contributed by atoms with van der Waals surface area (Å²) in [7, 11) is 0. The van der Waals surface area contributed by atoms with Gasteiger partial charge < -0.3 is 5.32 Å². The second-order valence-electron chi connectivity index (χ2n) is 3.90. The third kappa shape index (κ3) is 2.39. The number of anilines is 1. The quantitative estimate of drug-likeness (QED) is 0.864. The van der Waals surface area contributed by atoms with Gasteiger partial charge in [-0.25, -0.2) is 4.98 Å². The van der Waals surface area contributed by atoms with Crippen LogP contribution in [0.25, 0.3) is 0 Å². The lowest BCUT2D eigenvalue weighted by Crippen LogP contribution is -2.26. The Hall–Kier alpha value is -0.290. The van der Waals surface area contributed by atoms with Crippen molar-refractivity contribution in [3.8, 4) is 0 Å². The van der Waals surface area contributed by atoms with Gasteiger partial charge in [0.2, 0.25) is 5.13 Å². The standard InChI is InChI=1S/C9H15N3S2/c1-7-11-8(14-12-7)10-6-9(2)4-3-5-13-9/h3-6H2,1-2H3,(H,10,11,12). The SMILES string of the molecule is Cc1nsc(NCC2(C)CCCS2)n1. The van der Waals surface area contributed by atoms with Gasteiger partial charge in [0.1, 0.15) is 5.82 Å². The number of nitrogens with one attached hydrogen (secondary N) is 1. The van der Waals surface area contributed by atoms with Gasteiger partial charge in [-0.1, -0.05) is 0 Å². The van der Waals surface area contributed by atoms with Crippen LogP contribution in [0.3, 0.4) is 0 Å². The van der Waals surface area contributed by atoms with Gasteiger partial charge in [0.05, 0.1) is 0 Å². The van der Waals surface area contributed by atoms with Gasteiger partial charge in [-0.15, -0.1) is 0 Å². The van der Waals surface area contributed by atoms with Crippen molar-refractivity contribution in [1.82, 2.24) is 9.36 Å². The van der Waals surface area contributed by atoms with Crippen LogP contribution in [0.1, 0.15) is 25.6 Å². The molecule has 1 aromatic heterocycles. The number of hydrogen-bond donors (Lipinski definition) is 1. The summed E-state index contributed by atoms with van der Waals surface area (Å²) in [5.74, 6) is 2.16. The molecule has 1 saturated heterocycles. The van der Waals surface area contributed by atoms with Crippen LogP contribution >= 0.6 is 23.3 Å². The van der Waals surface area contributed by atoms with E-state index in [9.17, 15) is 0 Å². The Morgan fingerprint density at radius 1 is 1.57 bits per heavy atom. The van der Waals surface area contributed by atoms with Crippen molar-refractivity contribution < 1.29 is 0 Å².